The van der Waals surface area contributed by atoms with Crippen LogP contribution in [0.4, 0.5) is 29.3 Å². The highest BCUT2D eigenvalue weighted by Gasteiger charge is 2.30. The first-order chi connectivity index (χ1) is 12.7. The lowest BCUT2D eigenvalue weighted by atomic mass is 10.1. The van der Waals surface area contributed by atoms with Crippen LogP contribution in [0.3, 0.4) is 0 Å². The second-order valence-corrected chi connectivity index (χ2v) is 5.99. The third-order valence-corrected chi connectivity index (χ3v) is 3.93. The molecule has 0 spiro atoms. The summed E-state index contributed by atoms with van der Waals surface area (Å²) in [5, 5.41) is 7.69. The van der Waals surface area contributed by atoms with Crippen molar-refractivity contribution in [1.82, 2.24) is 5.32 Å². The summed E-state index contributed by atoms with van der Waals surface area (Å²) in [7, 11) is 0. The molecular formula is C18H16F3N3O3. The maximum Gasteiger partial charge on any atom is 0.416 e. The number of amides is 3. The number of halogens is 3. The van der Waals surface area contributed by atoms with E-state index in [0.29, 0.717) is 17.0 Å². The van der Waals surface area contributed by atoms with E-state index in [9.17, 15) is 22.8 Å². The Bertz CT molecular complexity index is 884. The fourth-order valence-electron chi connectivity index (χ4n) is 2.59. The molecule has 0 aromatic heterocycles. The van der Waals surface area contributed by atoms with Gasteiger partial charge in [-0.05, 0) is 42.8 Å². The van der Waals surface area contributed by atoms with Crippen LogP contribution >= 0.6 is 0 Å². The van der Waals surface area contributed by atoms with Crippen molar-refractivity contribution in [3.63, 3.8) is 0 Å². The van der Waals surface area contributed by atoms with Gasteiger partial charge in [0.2, 0.25) is 0 Å². The number of fused-ring (bicyclic) bond motifs is 1. The van der Waals surface area contributed by atoms with Gasteiger partial charge in [-0.1, -0.05) is 12.1 Å². The number of urea groups is 1. The molecule has 142 valence electrons. The quantitative estimate of drug-likeness (QED) is 0.756. The van der Waals surface area contributed by atoms with E-state index in [1.807, 2.05) is 0 Å². The largest absolute Gasteiger partial charge is 0.482 e. The molecule has 0 aliphatic carbocycles. The number of rotatable bonds is 3. The van der Waals surface area contributed by atoms with E-state index in [0.717, 1.165) is 12.1 Å². The smallest absolute Gasteiger partial charge is 0.416 e. The van der Waals surface area contributed by atoms with Gasteiger partial charge in [0, 0.05) is 5.69 Å². The van der Waals surface area contributed by atoms with Gasteiger partial charge in [0.1, 0.15) is 5.75 Å². The van der Waals surface area contributed by atoms with Crippen LogP contribution in [-0.2, 0) is 11.0 Å². The topological polar surface area (TPSA) is 79.5 Å². The lowest BCUT2D eigenvalue weighted by Crippen LogP contribution is -2.31. The standard InChI is InChI=1S/C18H16F3N3O3/c1-10(11-5-6-15-14(7-11)24-16(25)9-27-15)22-17(26)23-13-4-2-3-12(8-13)18(19,20)21/h2-8,10H,9H2,1H3,(H,24,25)(H2,22,23,26). The average molecular weight is 379 g/mol. The molecular weight excluding hydrogens is 363 g/mol. The number of carbonyl (C=O) groups excluding carboxylic acids is 2. The predicted molar refractivity (Wildman–Crippen MR) is 92.6 cm³/mol. The number of nitrogens with one attached hydrogen (secondary N) is 3. The minimum atomic E-state index is -4.49. The summed E-state index contributed by atoms with van der Waals surface area (Å²) in [6.45, 7) is 1.65. The zero-order valence-electron chi connectivity index (χ0n) is 14.2. The van der Waals surface area contributed by atoms with Crippen LogP contribution in [0.25, 0.3) is 0 Å². The van der Waals surface area contributed by atoms with Crippen molar-refractivity contribution in [3.8, 4) is 5.75 Å². The summed E-state index contributed by atoms with van der Waals surface area (Å²) in [6.07, 6.45) is -4.49. The minimum absolute atomic E-state index is 0.0284. The third-order valence-electron chi connectivity index (χ3n) is 3.93. The van der Waals surface area contributed by atoms with Gasteiger partial charge in [0.05, 0.1) is 17.3 Å². The molecule has 6 nitrogen and oxygen atoms in total. The molecule has 2 aromatic rings. The monoisotopic (exact) mass is 379 g/mol. The Morgan fingerprint density at radius 3 is 2.74 bits per heavy atom. The molecule has 3 rings (SSSR count). The second-order valence-electron chi connectivity index (χ2n) is 5.99. The lowest BCUT2D eigenvalue weighted by Gasteiger charge is -2.21. The first-order valence-electron chi connectivity index (χ1n) is 8.04. The predicted octanol–water partition coefficient (Wildman–Crippen LogP) is 3.92. The Morgan fingerprint density at radius 2 is 2.00 bits per heavy atom. The second kappa shape index (κ2) is 7.18. The molecule has 1 unspecified atom stereocenters. The molecule has 3 N–H and O–H groups in total. The van der Waals surface area contributed by atoms with E-state index in [-0.39, 0.29) is 18.2 Å². The van der Waals surface area contributed by atoms with Crippen molar-refractivity contribution in [2.75, 3.05) is 17.2 Å². The summed E-state index contributed by atoms with van der Waals surface area (Å²) in [5.74, 6) is 0.251. The van der Waals surface area contributed by atoms with Crippen molar-refractivity contribution in [1.29, 1.82) is 0 Å². The van der Waals surface area contributed by atoms with Gasteiger partial charge in [-0.2, -0.15) is 13.2 Å². The van der Waals surface area contributed by atoms with E-state index in [4.69, 9.17) is 4.74 Å². The van der Waals surface area contributed by atoms with E-state index < -0.39 is 23.8 Å². The molecule has 1 heterocycles. The molecule has 0 fully saturated rings. The molecule has 1 aliphatic rings. The molecule has 0 saturated heterocycles. The molecule has 0 radical (unpaired) electrons. The lowest BCUT2D eigenvalue weighted by molar-refractivity contribution is -0.137. The Kier molecular flexibility index (Phi) is 4.93. The summed E-state index contributed by atoms with van der Waals surface area (Å²) in [4.78, 5) is 23.5. The maximum absolute atomic E-state index is 12.7. The Labute approximate surface area is 152 Å². The minimum Gasteiger partial charge on any atom is -0.482 e. The molecule has 1 atom stereocenters. The van der Waals surface area contributed by atoms with Gasteiger partial charge >= 0.3 is 12.2 Å². The number of ether oxygens (including phenoxy) is 1. The van der Waals surface area contributed by atoms with E-state index in [2.05, 4.69) is 16.0 Å². The fourth-order valence-corrected chi connectivity index (χ4v) is 2.59. The number of carbonyl (C=O) groups is 2. The summed E-state index contributed by atoms with van der Waals surface area (Å²) < 4.78 is 43.5. The van der Waals surface area contributed by atoms with Gasteiger partial charge in [-0.15, -0.1) is 0 Å². The van der Waals surface area contributed by atoms with Gasteiger partial charge in [-0.25, -0.2) is 4.79 Å². The molecule has 2 aromatic carbocycles. The summed E-state index contributed by atoms with van der Waals surface area (Å²) in [5.41, 5.74) is 0.369. The Hall–Kier alpha value is -3.23. The van der Waals surface area contributed by atoms with Crippen LogP contribution in [0, 0.1) is 0 Å². The van der Waals surface area contributed by atoms with Crippen molar-refractivity contribution in [2.45, 2.75) is 19.1 Å². The summed E-state index contributed by atoms with van der Waals surface area (Å²) >= 11 is 0. The maximum atomic E-state index is 12.7. The number of benzene rings is 2. The van der Waals surface area contributed by atoms with Crippen LogP contribution in [0.1, 0.15) is 24.1 Å². The molecule has 0 saturated carbocycles. The van der Waals surface area contributed by atoms with Crippen LogP contribution in [-0.4, -0.2) is 18.5 Å². The van der Waals surface area contributed by atoms with E-state index in [1.54, 1.807) is 25.1 Å². The van der Waals surface area contributed by atoms with Crippen LogP contribution in [0.15, 0.2) is 42.5 Å². The molecule has 9 heteroatoms. The highest BCUT2D eigenvalue weighted by Crippen LogP contribution is 2.31. The van der Waals surface area contributed by atoms with Crippen molar-refractivity contribution in [2.24, 2.45) is 0 Å². The van der Waals surface area contributed by atoms with E-state index >= 15 is 0 Å². The van der Waals surface area contributed by atoms with Crippen LogP contribution < -0.4 is 20.7 Å². The normalized spacial score (nSPS) is 14.4. The van der Waals surface area contributed by atoms with Gasteiger partial charge in [0.15, 0.2) is 6.61 Å². The van der Waals surface area contributed by atoms with Gasteiger partial charge in [-0.3, -0.25) is 4.79 Å². The molecule has 0 bridgehead atoms. The molecule has 1 aliphatic heterocycles. The first-order valence-corrected chi connectivity index (χ1v) is 8.04. The van der Waals surface area contributed by atoms with Crippen LogP contribution in [0.5, 0.6) is 5.75 Å². The summed E-state index contributed by atoms with van der Waals surface area (Å²) in [6, 6.07) is 8.32. The highest BCUT2D eigenvalue weighted by molar-refractivity contribution is 5.95. The zero-order valence-corrected chi connectivity index (χ0v) is 14.2. The zero-order chi connectivity index (χ0) is 19.6. The molecule has 3 amide bonds. The molecule has 27 heavy (non-hydrogen) atoms. The van der Waals surface area contributed by atoms with Gasteiger partial charge in [0.25, 0.3) is 5.91 Å². The number of alkyl halides is 3. The number of hydrogen-bond acceptors (Lipinski definition) is 3. The number of anilines is 2. The number of hydrogen-bond donors (Lipinski definition) is 3. The highest BCUT2D eigenvalue weighted by atomic mass is 19.4. The SMILES string of the molecule is CC(NC(=O)Nc1cccc(C(F)(F)F)c1)c1ccc2c(c1)NC(=O)CO2. The van der Waals surface area contributed by atoms with Crippen molar-refractivity contribution < 1.29 is 27.5 Å². The first kappa shape index (κ1) is 18.6. The fraction of sp³-hybridized carbons (Fsp3) is 0.222. The van der Waals surface area contributed by atoms with Crippen molar-refractivity contribution >= 4 is 23.3 Å². The van der Waals surface area contributed by atoms with Crippen LogP contribution in [0.2, 0.25) is 0 Å². The third kappa shape index (κ3) is 4.49. The van der Waals surface area contributed by atoms with Gasteiger partial charge < -0.3 is 20.7 Å². The van der Waals surface area contributed by atoms with Crippen molar-refractivity contribution in [3.05, 3.63) is 53.6 Å². The Balaban J connectivity index is 1.66. The van der Waals surface area contributed by atoms with E-state index in [1.165, 1.54) is 12.1 Å². The average Bonchev–Trinajstić information content (AvgIpc) is 2.60. The Morgan fingerprint density at radius 1 is 1.22 bits per heavy atom.